The van der Waals surface area contributed by atoms with Gasteiger partial charge >= 0.3 is 5.97 Å². The van der Waals surface area contributed by atoms with Gasteiger partial charge in [-0.2, -0.15) is 0 Å². The average Bonchev–Trinajstić information content (AvgIpc) is 2.79. The van der Waals surface area contributed by atoms with Crippen LogP contribution in [0.3, 0.4) is 0 Å². The van der Waals surface area contributed by atoms with Crippen LogP contribution >= 0.6 is 34.7 Å². The summed E-state index contributed by atoms with van der Waals surface area (Å²) >= 11 is 8.95. The van der Waals surface area contributed by atoms with Gasteiger partial charge in [0.05, 0.1) is 10.1 Å². The van der Waals surface area contributed by atoms with E-state index in [1.165, 1.54) is 11.3 Å². The molecule has 0 saturated carbocycles. The number of carbonyl (C=O) groups excluding carboxylic acids is 1. The van der Waals surface area contributed by atoms with Crippen LogP contribution in [0, 0.1) is 0 Å². The molecule has 1 amide bonds. The molecule has 0 aromatic carbocycles. The van der Waals surface area contributed by atoms with E-state index in [4.69, 9.17) is 16.7 Å². The van der Waals surface area contributed by atoms with E-state index >= 15 is 0 Å². The van der Waals surface area contributed by atoms with Crippen molar-refractivity contribution >= 4 is 46.6 Å². The van der Waals surface area contributed by atoms with Crippen LogP contribution in [-0.4, -0.2) is 40.2 Å². The summed E-state index contributed by atoms with van der Waals surface area (Å²) in [5.74, 6) is 0.406. The Balaban J connectivity index is 2.36. The third kappa shape index (κ3) is 7.20. The first kappa shape index (κ1) is 18.3. The first-order valence-electron chi connectivity index (χ1n) is 6.73. The van der Waals surface area contributed by atoms with E-state index in [0.29, 0.717) is 18.7 Å². The molecule has 1 N–H and O–H groups in total. The monoisotopic (exact) mass is 349 g/mol. The van der Waals surface area contributed by atoms with Crippen molar-refractivity contribution in [3.63, 3.8) is 0 Å². The lowest BCUT2D eigenvalue weighted by Crippen LogP contribution is -2.39. The molecule has 1 aromatic heterocycles. The molecule has 0 bridgehead atoms. The minimum atomic E-state index is -0.824. The van der Waals surface area contributed by atoms with Crippen molar-refractivity contribution in [2.45, 2.75) is 38.5 Å². The number of amides is 1. The van der Waals surface area contributed by atoms with E-state index in [-0.39, 0.29) is 18.4 Å². The highest BCUT2D eigenvalue weighted by Gasteiger charge is 2.17. The Bertz CT molecular complexity index is 477. The quantitative estimate of drug-likeness (QED) is 0.737. The molecule has 0 unspecified atom stereocenters. The summed E-state index contributed by atoms with van der Waals surface area (Å²) in [6.45, 7) is 4.39. The van der Waals surface area contributed by atoms with Crippen molar-refractivity contribution in [2.24, 2.45) is 0 Å². The third-order valence-corrected chi connectivity index (χ3v) is 5.21. The number of hydrogen-bond acceptors (Lipinski definition) is 4. The highest BCUT2D eigenvalue weighted by Crippen LogP contribution is 2.25. The number of aliphatic carboxylic acids is 1. The van der Waals surface area contributed by atoms with Gasteiger partial charge in [0.25, 0.3) is 0 Å². The highest BCUT2D eigenvalue weighted by atomic mass is 35.5. The van der Waals surface area contributed by atoms with Crippen LogP contribution in [0.2, 0.25) is 4.34 Å². The number of thioether (sulfide) groups is 1. The molecule has 0 aliphatic heterocycles. The number of carbonyl (C=O) groups is 2. The smallest absolute Gasteiger partial charge is 0.303 e. The maximum Gasteiger partial charge on any atom is 0.303 e. The molecule has 0 aliphatic carbocycles. The van der Waals surface area contributed by atoms with Crippen LogP contribution in [-0.2, 0) is 15.3 Å². The lowest BCUT2D eigenvalue weighted by atomic mass is 10.2. The van der Waals surface area contributed by atoms with E-state index in [1.807, 2.05) is 26.0 Å². The lowest BCUT2D eigenvalue weighted by Gasteiger charge is -2.26. The number of carboxylic acids is 1. The molecule has 1 rings (SSSR count). The second kappa shape index (κ2) is 9.33. The fourth-order valence-electron chi connectivity index (χ4n) is 1.82. The lowest BCUT2D eigenvalue weighted by molar-refractivity contribution is -0.138. The topological polar surface area (TPSA) is 57.6 Å². The molecule has 0 fully saturated rings. The minimum absolute atomic E-state index is 0.0584. The summed E-state index contributed by atoms with van der Waals surface area (Å²) in [6, 6.07) is 3.91. The predicted molar refractivity (Wildman–Crippen MR) is 89.2 cm³/mol. The molecule has 0 aliphatic rings. The number of halogens is 1. The van der Waals surface area contributed by atoms with Crippen LogP contribution in [0.1, 0.15) is 31.6 Å². The molecular weight excluding hydrogens is 330 g/mol. The Morgan fingerprint density at radius 1 is 1.43 bits per heavy atom. The fraction of sp³-hybridized carbons (Fsp3) is 0.571. The van der Waals surface area contributed by atoms with E-state index in [1.54, 1.807) is 16.7 Å². The molecule has 21 heavy (non-hydrogen) atoms. The maximum atomic E-state index is 12.2. The summed E-state index contributed by atoms with van der Waals surface area (Å²) in [5, 5.41) is 8.66. The normalized spacial score (nSPS) is 10.9. The largest absolute Gasteiger partial charge is 0.481 e. The van der Waals surface area contributed by atoms with Gasteiger partial charge in [-0.15, -0.1) is 23.1 Å². The maximum absolute atomic E-state index is 12.2. The predicted octanol–water partition coefficient (Wildman–Crippen LogP) is 3.74. The van der Waals surface area contributed by atoms with E-state index in [9.17, 15) is 9.59 Å². The SMILES string of the molecule is CC(C)N(CCCC(=O)O)C(=O)CSCc1ccc(Cl)s1. The Kier molecular flexibility index (Phi) is 8.14. The van der Waals surface area contributed by atoms with Crippen LogP contribution in [0.4, 0.5) is 0 Å². The minimum Gasteiger partial charge on any atom is -0.481 e. The van der Waals surface area contributed by atoms with E-state index < -0.39 is 5.97 Å². The Morgan fingerprint density at radius 3 is 2.67 bits per heavy atom. The van der Waals surface area contributed by atoms with Crippen LogP contribution in [0.5, 0.6) is 0 Å². The van der Waals surface area contributed by atoms with Gasteiger partial charge in [0.15, 0.2) is 0 Å². The Labute approximate surface area is 138 Å². The Hall–Kier alpha value is -0.720. The molecule has 0 saturated heterocycles. The molecular formula is C14H20ClNO3S2. The molecule has 0 spiro atoms. The van der Waals surface area contributed by atoms with Gasteiger partial charge in [0.1, 0.15) is 0 Å². The molecule has 4 nitrogen and oxygen atoms in total. The highest BCUT2D eigenvalue weighted by molar-refractivity contribution is 7.99. The second-order valence-corrected chi connectivity index (χ2v) is 7.66. The zero-order valence-electron chi connectivity index (χ0n) is 12.2. The van der Waals surface area contributed by atoms with Gasteiger partial charge in [-0.05, 0) is 32.4 Å². The number of nitrogens with zero attached hydrogens (tertiary/aromatic N) is 1. The van der Waals surface area contributed by atoms with Crippen molar-refractivity contribution < 1.29 is 14.7 Å². The van der Waals surface area contributed by atoms with Crippen LogP contribution in [0.15, 0.2) is 12.1 Å². The van der Waals surface area contributed by atoms with Crippen molar-refractivity contribution in [3.05, 3.63) is 21.3 Å². The van der Waals surface area contributed by atoms with Gasteiger partial charge in [0, 0.05) is 29.6 Å². The van der Waals surface area contributed by atoms with E-state index in [2.05, 4.69) is 0 Å². The second-order valence-electron chi connectivity index (χ2n) is 4.88. The van der Waals surface area contributed by atoms with Gasteiger partial charge < -0.3 is 10.0 Å². The zero-order chi connectivity index (χ0) is 15.8. The van der Waals surface area contributed by atoms with E-state index in [0.717, 1.165) is 15.0 Å². The van der Waals surface area contributed by atoms with Gasteiger partial charge in [-0.1, -0.05) is 11.6 Å². The summed E-state index contributed by atoms with van der Waals surface area (Å²) in [7, 11) is 0. The molecule has 1 aromatic rings. The van der Waals surface area contributed by atoms with Gasteiger partial charge in [0.2, 0.25) is 5.91 Å². The van der Waals surface area contributed by atoms with Crippen molar-refractivity contribution in [1.82, 2.24) is 4.90 Å². The molecule has 0 atom stereocenters. The van der Waals surface area contributed by atoms with Crippen molar-refractivity contribution in [2.75, 3.05) is 12.3 Å². The first-order valence-corrected chi connectivity index (χ1v) is 9.08. The third-order valence-electron chi connectivity index (χ3n) is 2.83. The fourth-order valence-corrected chi connectivity index (χ4v) is 3.93. The van der Waals surface area contributed by atoms with Crippen molar-refractivity contribution in [1.29, 1.82) is 0 Å². The summed E-state index contributed by atoms with van der Waals surface area (Å²) in [4.78, 5) is 25.6. The molecule has 0 radical (unpaired) electrons. The zero-order valence-corrected chi connectivity index (χ0v) is 14.6. The first-order chi connectivity index (χ1) is 9.90. The van der Waals surface area contributed by atoms with Gasteiger partial charge in [-0.3, -0.25) is 9.59 Å². The number of thiophene rings is 1. The van der Waals surface area contributed by atoms with Crippen molar-refractivity contribution in [3.8, 4) is 0 Å². The standard InChI is InChI=1S/C14H20ClNO3S2/c1-10(2)16(7-3-4-14(18)19)13(17)9-20-8-11-5-6-12(15)21-11/h5-6,10H,3-4,7-9H2,1-2H3,(H,18,19). The summed E-state index contributed by atoms with van der Waals surface area (Å²) in [5.41, 5.74) is 0. The molecule has 7 heteroatoms. The molecule has 118 valence electrons. The number of hydrogen-bond donors (Lipinski definition) is 1. The summed E-state index contributed by atoms with van der Waals surface area (Å²) < 4.78 is 0.759. The van der Waals surface area contributed by atoms with Crippen LogP contribution < -0.4 is 0 Å². The van der Waals surface area contributed by atoms with Crippen LogP contribution in [0.25, 0.3) is 0 Å². The number of rotatable bonds is 9. The van der Waals surface area contributed by atoms with Gasteiger partial charge in [-0.25, -0.2) is 0 Å². The molecule has 1 heterocycles. The Morgan fingerprint density at radius 2 is 2.14 bits per heavy atom. The average molecular weight is 350 g/mol. The number of carboxylic acid groups (broad SMARTS) is 1. The summed E-state index contributed by atoms with van der Waals surface area (Å²) in [6.07, 6.45) is 0.585.